The van der Waals surface area contributed by atoms with Crippen LogP contribution in [0.15, 0.2) is 24.3 Å². The number of nitro benzene ring substituents is 1. The number of hydrogen-bond donors (Lipinski definition) is 2. The van der Waals surface area contributed by atoms with Crippen LogP contribution in [-0.2, 0) is 0 Å². The monoisotopic (exact) mass is 321 g/mol. The van der Waals surface area contributed by atoms with Crippen LogP contribution < -0.4 is 5.32 Å². The van der Waals surface area contributed by atoms with E-state index in [0.29, 0.717) is 22.9 Å². The SMILES string of the molecule is O=[N+]([O-])c1cc2nc(Cl)ccc2cc1NC[C@@H]1CCC[C@H]1O. The normalized spacial score (nSPS) is 21.2. The molecule has 0 amide bonds. The maximum absolute atomic E-state index is 11.3. The Kier molecular flexibility index (Phi) is 4.13. The average Bonchev–Trinajstić information content (AvgIpc) is 2.89. The number of aliphatic hydroxyl groups is 1. The summed E-state index contributed by atoms with van der Waals surface area (Å²) in [5.74, 6) is 0.138. The summed E-state index contributed by atoms with van der Waals surface area (Å²) >= 11 is 5.83. The molecule has 116 valence electrons. The van der Waals surface area contributed by atoms with Gasteiger partial charge in [-0.1, -0.05) is 18.0 Å². The molecule has 1 fully saturated rings. The molecule has 6 nitrogen and oxygen atoms in total. The molecule has 2 N–H and O–H groups in total. The third-order valence-corrected chi connectivity index (χ3v) is 4.35. The third kappa shape index (κ3) is 2.98. The molecule has 0 bridgehead atoms. The zero-order valence-corrected chi connectivity index (χ0v) is 12.6. The summed E-state index contributed by atoms with van der Waals surface area (Å²) in [5.41, 5.74) is 0.904. The highest BCUT2D eigenvalue weighted by atomic mass is 35.5. The second-order valence-corrected chi connectivity index (χ2v) is 5.98. The molecule has 1 aromatic heterocycles. The molecule has 0 spiro atoms. The van der Waals surface area contributed by atoms with Crippen molar-refractivity contribution in [1.29, 1.82) is 0 Å². The molecule has 0 saturated heterocycles. The molecule has 0 unspecified atom stereocenters. The molecular formula is C15H16ClN3O3. The predicted molar refractivity (Wildman–Crippen MR) is 85.2 cm³/mol. The van der Waals surface area contributed by atoms with Crippen molar-refractivity contribution >= 4 is 33.9 Å². The lowest BCUT2D eigenvalue weighted by atomic mass is 10.1. The minimum Gasteiger partial charge on any atom is -0.393 e. The van der Waals surface area contributed by atoms with Crippen molar-refractivity contribution < 1.29 is 10.0 Å². The molecule has 2 aromatic rings. The molecular weight excluding hydrogens is 306 g/mol. The summed E-state index contributed by atoms with van der Waals surface area (Å²) in [7, 11) is 0. The van der Waals surface area contributed by atoms with Crippen molar-refractivity contribution in [1.82, 2.24) is 4.98 Å². The number of hydrogen-bond acceptors (Lipinski definition) is 5. The van der Waals surface area contributed by atoms with Gasteiger partial charge in [-0.25, -0.2) is 4.98 Å². The second kappa shape index (κ2) is 6.06. The van der Waals surface area contributed by atoms with Crippen LogP contribution in [0.1, 0.15) is 19.3 Å². The number of pyridine rings is 1. The first-order chi connectivity index (χ1) is 10.5. The van der Waals surface area contributed by atoms with Gasteiger partial charge in [0.1, 0.15) is 10.8 Å². The van der Waals surface area contributed by atoms with Gasteiger partial charge in [-0.2, -0.15) is 0 Å². The van der Waals surface area contributed by atoms with Gasteiger partial charge < -0.3 is 10.4 Å². The van der Waals surface area contributed by atoms with Crippen LogP contribution in [0, 0.1) is 16.0 Å². The second-order valence-electron chi connectivity index (χ2n) is 5.59. The molecule has 1 aliphatic rings. The molecule has 1 aromatic carbocycles. The van der Waals surface area contributed by atoms with Crippen molar-refractivity contribution in [3.8, 4) is 0 Å². The van der Waals surface area contributed by atoms with Crippen LogP contribution in [0.2, 0.25) is 5.15 Å². The number of benzene rings is 1. The van der Waals surface area contributed by atoms with Gasteiger partial charge in [0.15, 0.2) is 0 Å². The zero-order chi connectivity index (χ0) is 15.7. The summed E-state index contributed by atoms with van der Waals surface area (Å²) in [4.78, 5) is 14.9. The predicted octanol–water partition coefficient (Wildman–Crippen LogP) is 3.37. The molecule has 22 heavy (non-hydrogen) atoms. The fraction of sp³-hybridized carbons (Fsp3) is 0.400. The number of nitro groups is 1. The van der Waals surface area contributed by atoms with Gasteiger partial charge in [0.05, 0.1) is 16.5 Å². The van der Waals surface area contributed by atoms with Crippen molar-refractivity contribution in [3.05, 3.63) is 39.5 Å². The Morgan fingerprint density at radius 3 is 2.91 bits per heavy atom. The quantitative estimate of drug-likeness (QED) is 0.512. The van der Waals surface area contributed by atoms with Gasteiger partial charge in [-0.15, -0.1) is 0 Å². The lowest BCUT2D eigenvalue weighted by Gasteiger charge is -2.16. The average molecular weight is 322 g/mol. The minimum atomic E-state index is -0.435. The van der Waals surface area contributed by atoms with Gasteiger partial charge in [0, 0.05) is 23.9 Å². The Bertz CT molecular complexity index is 722. The summed E-state index contributed by atoms with van der Waals surface area (Å²) in [6, 6.07) is 6.57. The van der Waals surface area contributed by atoms with E-state index in [0.717, 1.165) is 24.6 Å². The van der Waals surface area contributed by atoms with E-state index in [1.165, 1.54) is 6.07 Å². The van der Waals surface area contributed by atoms with E-state index >= 15 is 0 Å². The maximum Gasteiger partial charge on any atom is 0.294 e. The number of halogens is 1. The highest BCUT2D eigenvalue weighted by molar-refractivity contribution is 6.29. The van der Waals surface area contributed by atoms with E-state index in [1.54, 1.807) is 18.2 Å². The standard InChI is InChI=1S/C15H16ClN3O3/c16-15-5-4-9-6-12(13(19(21)22)7-11(9)18-15)17-8-10-2-1-3-14(10)20/h4-7,10,14,17,20H,1-3,8H2/t10-,14+/m0/s1. The van der Waals surface area contributed by atoms with Crippen LogP contribution in [0.4, 0.5) is 11.4 Å². The van der Waals surface area contributed by atoms with E-state index in [-0.39, 0.29) is 17.7 Å². The summed E-state index contributed by atoms with van der Waals surface area (Å²) in [5, 5.41) is 25.3. The largest absolute Gasteiger partial charge is 0.393 e. The van der Waals surface area contributed by atoms with Crippen LogP contribution >= 0.6 is 11.6 Å². The first kappa shape index (κ1) is 15.0. The highest BCUT2D eigenvalue weighted by Crippen LogP contribution is 2.32. The number of nitrogens with one attached hydrogen (secondary N) is 1. The van der Waals surface area contributed by atoms with E-state index in [2.05, 4.69) is 10.3 Å². The minimum absolute atomic E-state index is 0.0326. The maximum atomic E-state index is 11.3. The number of aromatic nitrogens is 1. The summed E-state index contributed by atoms with van der Waals surface area (Å²) in [6.07, 6.45) is 2.41. The van der Waals surface area contributed by atoms with Crippen molar-refractivity contribution in [3.63, 3.8) is 0 Å². The number of anilines is 1. The zero-order valence-electron chi connectivity index (χ0n) is 11.8. The highest BCUT2D eigenvalue weighted by Gasteiger charge is 2.26. The number of rotatable bonds is 4. The Hall–Kier alpha value is -1.92. The Morgan fingerprint density at radius 1 is 1.41 bits per heavy atom. The first-order valence-electron chi connectivity index (χ1n) is 7.21. The molecule has 2 atom stereocenters. The molecule has 7 heteroatoms. The summed E-state index contributed by atoms with van der Waals surface area (Å²) < 4.78 is 0. The molecule has 3 rings (SSSR count). The Balaban J connectivity index is 1.91. The summed E-state index contributed by atoms with van der Waals surface area (Å²) in [6.45, 7) is 0.522. The van der Waals surface area contributed by atoms with Crippen LogP contribution in [0.25, 0.3) is 10.9 Å². The number of aliphatic hydroxyl groups excluding tert-OH is 1. The lowest BCUT2D eigenvalue weighted by molar-refractivity contribution is -0.383. The van der Waals surface area contributed by atoms with Gasteiger partial charge in [-0.3, -0.25) is 10.1 Å². The first-order valence-corrected chi connectivity index (χ1v) is 7.59. The van der Waals surface area contributed by atoms with Gasteiger partial charge >= 0.3 is 0 Å². The van der Waals surface area contributed by atoms with Crippen molar-refractivity contribution in [2.45, 2.75) is 25.4 Å². The topological polar surface area (TPSA) is 88.3 Å². The van der Waals surface area contributed by atoms with Gasteiger partial charge in [0.25, 0.3) is 5.69 Å². The smallest absolute Gasteiger partial charge is 0.294 e. The van der Waals surface area contributed by atoms with Crippen LogP contribution in [0.3, 0.4) is 0 Å². The molecule has 0 radical (unpaired) electrons. The van der Waals surface area contributed by atoms with E-state index < -0.39 is 4.92 Å². The van der Waals surface area contributed by atoms with Gasteiger partial charge in [0.2, 0.25) is 0 Å². The molecule has 1 aliphatic carbocycles. The number of fused-ring (bicyclic) bond motifs is 1. The van der Waals surface area contributed by atoms with Crippen LogP contribution in [-0.4, -0.2) is 27.7 Å². The third-order valence-electron chi connectivity index (χ3n) is 4.14. The number of nitrogens with zero attached hydrogens (tertiary/aromatic N) is 2. The fourth-order valence-corrected chi connectivity index (χ4v) is 3.08. The van der Waals surface area contributed by atoms with E-state index in [4.69, 9.17) is 11.6 Å². The fourth-order valence-electron chi connectivity index (χ4n) is 2.92. The Labute approximate surface area is 132 Å². The van der Waals surface area contributed by atoms with Crippen molar-refractivity contribution in [2.75, 3.05) is 11.9 Å². The lowest BCUT2D eigenvalue weighted by Crippen LogP contribution is -2.22. The van der Waals surface area contributed by atoms with Gasteiger partial charge in [-0.05, 0) is 31.0 Å². The molecule has 0 aliphatic heterocycles. The van der Waals surface area contributed by atoms with Crippen LogP contribution in [0.5, 0.6) is 0 Å². The van der Waals surface area contributed by atoms with Crippen molar-refractivity contribution in [2.24, 2.45) is 5.92 Å². The molecule has 1 saturated carbocycles. The molecule has 1 heterocycles. The Morgan fingerprint density at radius 2 is 2.23 bits per heavy atom. The van der Waals surface area contributed by atoms with E-state index in [9.17, 15) is 15.2 Å². The van der Waals surface area contributed by atoms with E-state index in [1.807, 2.05) is 0 Å².